The maximum absolute atomic E-state index is 4.75. The third-order valence-electron chi connectivity index (χ3n) is 4.96. The summed E-state index contributed by atoms with van der Waals surface area (Å²) in [6.07, 6.45) is 2.29. The summed E-state index contributed by atoms with van der Waals surface area (Å²) in [6, 6.07) is 4.56. The molecule has 0 aliphatic rings. The van der Waals surface area contributed by atoms with E-state index in [1.165, 1.54) is 11.3 Å². The number of nitrogens with zero attached hydrogens (tertiary/aromatic N) is 5. The van der Waals surface area contributed by atoms with Crippen LogP contribution in [0.1, 0.15) is 50.1 Å². The molecule has 1 atom stereocenters. The van der Waals surface area contributed by atoms with Gasteiger partial charge >= 0.3 is 0 Å². The number of hydrogen-bond acceptors (Lipinski definition) is 5. The molecule has 0 bridgehead atoms. The predicted octanol–water partition coefficient (Wildman–Crippen LogP) is 2.93. The van der Waals surface area contributed by atoms with Crippen molar-refractivity contribution < 1.29 is 0 Å². The quantitative estimate of drug-likeness (QED) is 0.444. The minimum absolute atomic E-state index is 0.353. The molecule has 0 amide bonds. The maximum atomic E-state index is 4.75. The van der Waals surface area contributed by atoms with Crippen molar-refractivity contribution in [2.45, 2.75) is 59.7 Å². The highest BCUT2D eigenvalue weighted by Crippen LogP contribution is 2.08. The molecule has 0 aromatic carbocycles. The Bertz CT molecular complexity index is 704. The number of aromatic nitrogens is 3. The molecule has 0 aliphatic carbocycles. The van der Waals surface area contributed by atoms with Crippen molar-refractivity contribution in [3.05, 3.63) is 34.0 Å². The van der Waals surface area contributed by atoms with Gasteiger partial charge in [0.05, 0.1) is 6.54 Å². The Morgan fingerprint density at radius 2 is 2.11 bits per heavy atom. The molecule has 0 spiro atoms. The molecule has 28 heavy (non-hydrogen) atoms. The van der Waals surface area contributed by atoms with E-state index in [2.05, 4.69) is 64.0 Å². The third-order valence-corrected chi connectivity index (χ3v) is 5.84. The van der Waals surface area contributed by atoms with Gasteiger partial charge in [-0.15, -0.1) is 21.5 Å². The molecule has 7 nitrogen and oxygen atoms in total. The molecule has 156 valence electrons. The molecular formula is C20H35N7S. The minimum Gasteiger partial charge on any atom is -0.354 e. The summed E-state index contributed by atoms with van der Waals surface area (Å²) >= 11 is 1.75. The zero-order chi connectivity index (χ0) is 20.4. The van der Waals surface area contributed by atoms with Gasteiger partial charge in [-0.3, -0.25) is 0 Å². The van der Waals surface area contributed by atoms with Gasteiger partial charge in [-0.25, -0.2) is 4.99 Å². The van der Waals surface area contributed by atoms with Crippen LogP contribution in [0.15, 0.2) is 22.5 Å². The lowest BCUT2D eigenvalue weighted by Gasteiger charge is -2.21. The Kier molecular flexibility index (Phi) is 9.43. The number of aliphatic imine (C=N–C) groups is 1. The molecule has 0 radical (unpaired) electrons. The zero-order valence-corrected chi connectivity index (χ0v) is 18.7. The van der Waals surface area contributed by atoms with Crippen molar-refractivity contribution in [3.8, 4) is 0 Å². The van der Waals surface area contributed by atoms with E-state index in [4.69, 9.17) is 4.99 Å². The highest BCUT2D eigenvalue weighted by molar-refractivity contribution is 7.09. The molecule has 2 N–H and O–H groups in total. The molecule has 1 unspecified atom stereocenters. The van der Waals surface area contributed by atoms with Crippen LogP contribution in [-0.4, -0.2) is 51.3 Å². The summed E-state index contributed by atoms with van der Waals surface area (Å²) in [7, 11) is 1.97. The predicted molar refractivity (Wildman–Crippen MR) is 118 cm³/mol. The first-order chi connectivity index (χ1) is 13.5. The highest BCUT2D eigenvalue weighted by atomic mass is 32.1. The highest BCUT2D eigenvalue weighted by Gasteiger charge is 2.09. The van der Waals surface area contributed by atoms with E-state index in [1.54, 1.807) is 11.3 Å². The van der Waals surface area contributed by atoms with E-state index < -0.39 is 0 Å². The molecular weight excluding hydrogens is 370 g/mol. The van der Waals surface area contributed by atoms with Gasteiger partial charge in [-0.1, -0.05) is 19.9 Å². The fourth-order valence-electron chi connectivity index (χ4n) is 2.94. The van der Waals surface area contributed by atoms with Crippen LogP contribution in [0.4, 0.5) is 0 Å². The van der Waals surface area contributed by atoms with Crippen LogP contribution in [0.25, 0.3) is 0 Å². The summed E-state index contributed by atoms with van der Waals surface area (Å²) < 4.78 is 1.98. The zero-order valence-electron chi connectivity index (χ0n) is 17.9. The lowest BCUT2D eigenvalue weighted by molar-refractivity contribution is 0.292. The van der Waals surface area contributed by atoms with Crippen molar-refractivity contribution in [3.63, 3.8) is 0 Å². The van der Waals surface area contributed by atoms with Crippen molar-refractivity contribution in [2.24, 2.45) is 12.0 Å². The Morgan fingerprint density at radius 1 is 1.32 bits per heavy atom. The van der Waals surface area contributed by atoms with Crippen molar-refractivity contribution in [1.29, 1.82) is 0 Å². The van der Waals surface area contributed by atoms with E-state index in [1.807, 2.05) is 18.5 Å². The minimum atomic E-state index is 0.353. The topological polar surface area (TPSA) is 70.4 Å². The van der Waals surface area contributed by atoms with Gasteiger partial charge in [0, 0.05) is 18.0 Å². The Balaban J connectivity index is 1.92. The summed E-state index contributed by atoms with van der Waals surface area (Å²) in [5.74, 6) is 2.59. The molecule has 0 saturated carbocycles. The fourth-order valence-corrected chi connectivity index (χ4v) is 3.59. The van der Waals surface area contributed by atoms with E-state index in [9.17, 15) is 0 Å². The smallest absolute Gasteiger partial charge is 0.192 e. The number of hydrogen-bond donors (Lipinski definition) is 2. The van der Waals surface area contributed by atoms with E-state index in [-0.39, 0.29) is 0 Å². The maximum Gasteiger partial charge on any atom is 0.192 e. The Hall–Kier alpha value is -1.93. The second-order valence-electron chi connectivity index (χ2n) is 7.03. The number of guanidine groups is 1. The van der Waals surface area contributed by atoms with Crippen LogP contribution in [-0.2, 0) is 20.1 Å². The van der Waals surface area contributed by atoms with E-state index >= 15 is 0 Å². The molecule has 8 heteroatoms. The fraction of sp³-hybridized carbons (Fsp3) is 0.650. The van der Waals surface area contributed by atoms with Crippen LogP contribution in [0, 0.1) is 6.92 Å². The molecule has 2 rings (SSSR count). The van der Waals surface area contributed by atoms with Crippen molar-refractivity contribution in [2.75, 3.05) is 19.6 Å². The summed E-state index contributed by atoms with van der Waals surface area (Å²) in [5, 5.41) is 17.4. The molecule has 2 aromatic heterocycles. The van der Waals surface area contributed by atoms with Crippen molar-refractivity contribution in [1.82, 2.24) is 30.3 Å². The Morgan fingerprint density at radius 3 is 2.71 bits per heavy atom. The lowest BCUT2D eigenvalue weighted by Crippen LogP contribution is -2.42. The summed E-state index contributed by atoms with van der Waals surface area (Å²) in [5.41, 5.74) is 0. The summed E-state index contributed by atoms with van der Waals surface area (Å²) in [6.45, 7) is 13.3. The molecule has 2 aromatic rings. The molecule has 0 saturated heterocycles. The van der Waals surface area contributed by atoms with Crippen LogP contribution in [0.3, 0.4) is 0 Å². The van der Waals surface area contributed by atoms with Gasteiger partial charge in [-0.2, -0.15) is 0 Å². The van der Waals surface area contributed by atoms with Gasteiger partial charge in [-0.05, 0) is 57.8 Å². The Labute approximate surface area is 173 Å². The van der Waals surface area contributed by atoms with Crippen LogP contribution >= 0.6 is 11.3 Å². The number of aryl methyl sites for hydroxylation is 1. The number of nitrogens with one attached hydrogen (secondary N) is 2. The number of thiophene rings is 1. The van der Waals surface area contributed by atoms with Crippen LogP contribution in [0.5, 0.6) is 0 Å². The lowest BCUT2D eigenvalue weighted by atomic mass is 10.2. The monoisotopic (exact) mass is 405 g/mol. The third kappa shape index (κ3) is 7.24. The van der Waals surface area contributed by atoms with Crippen LogP contribution < -0.4 is 10.6 Å². The first-order valence-corrected chi connectivity index (χ1v) is 11.1. The normalized spacial score (nSPS) is 13.1. The second kappa shape index (κ2) is 11.8. The van der Waals surface area contributed by atoms with Crippen molar-refractivity contribution >= 4 is 17.3 Å². The molecule has 0 aliphatic heterocycles. The largest absolute Gasteiger partial charge is 0.354 e. The average Bonchev–Trinajstić information content (AvgIpc) is 3.32. The van der Waals surface area contributed by atoms with E-state index in [0.29, 0.717) is 12.6 Å². The van der Waals surface area contributed by atoms with E-state index in [0.717, 1.165) is 50.2 Å². The van der Waals surface area contributed by atoms with Gasteiger partial charge in [0.25, 0.3) is 0 Å². The SMILES string of the molecule is CCN(CC)CCCC(C)NC(=NCc1nnc(C)n1C)NCc1cccs1. The average molecular weight is 406 g/mol. The molecule has 0 fully saturated rings. The van der Waals surface area contributed by atoms with Gasteiger partial charge in [0.2, 0.25) is 0 Å². The molecule has 2 heterocycles. The van der Waals surface area contributed by atoms with Crippen LogP contribution in [0.2, 0.25) is 0 Å². The number of rotatable bonds is 11. The summed E-state index contributed by atoms with van der Waals surface area (Å²) in [4.78, 5) is 8.50. The van der Waals surface area contributed by atoms with Gasteiger partial charge in [0.15, 0.2) is 11.8 Å². The van der Waals surface area contributed by atoms with Gasteiger partial charge in [0.1, 0.15) is 12.4 Å². The second-order valence-corrected chi connectivity index (χ2v) is 8.07. The first kappa shape index (κ1) is 22.4. The first-order valence-electron chi connectivity index (χ1n) is 10.2. The standard InChI is InChI=1S/C20H35N7S/c1-6-27(7-2)12-8-10-16(3)23-20(21-14-18-11-9-13-28-18)22-15-19-25-24-17(4)26(19)5/h9,11,13,16H,6-8,10,12,14-15H2,1-5H3,(H2,21,22,23). The van der Waals surface area contributed by atoms with Gasteiger partial charge < -0.3 is 20.1 Å².